The second-order valence-electron chi connectivity index (χ2n) is 5.49. The fourth-order valence-corrected chi connectivity index (χ4v) is 3.06. The molecule has 2 N–H and O–H groups in total. The number of carbonyl (C=O) groups excluding carboxylic acids is 2. The van der Waals surface area contributed by atoms with Crippen LogP contribution >= 0.6 is 0 Å². The molecule has 0 aliphatic carbocycles. The number of carbonyl (C=O) groups is 2. The van der Waals surface area contributed by atoms with Crippen LogP contribution in [0.1, 0.15) is 18.4 Å². The lowest BCUT2D eigenvalue weighted by molar-refractivity contribution is 0.129. The molecule has 1 aromatic carbocycles. The summed E-state index contributed by atoms with van der Waals surface area (Å²) in [6.07, 6.45) is 1.64. The second kappa shape index (κ2) is 5.63. The lowest BCUT2D eigenvalue weighted by Crippen LogP contribution is -2.52. The number of piperidine rings is 1. The first-order valence-electron chi connectivity index (χ1n) is 7.31. The minimum atomic E-state index is -0.0399. The summed E-state index contributed by atoms with van der Waals surface area (Å²) in [5.41, 5.74) is 2.05. The molecule has 0 bridgehead atoms. The fraction of sp³-hybridized carbons (Fsp3) is 0.467. The lowest BCUT2D eigenvalue weighted by atomic mass is 10.0. The van der Waals surface area contributed by atoms with E-state index in [2.05, 4.69) is 10.6 Å². The summed E-state index contributed by atoms with van der Waals surface area (Å²) in [5, 5.41) is 5.59. The number of para-hydroxylation sites is 1. The average Bonchev–Trinajstić information content (AvgIpc) is 2.53. The molecule has 112 valence electrons. The SMILES string of the molecule is CNC(=O)N1CCC(N2Cc3ccccc3NC2=O)CC1. The number of rotatable bonds is 1. The first-order valence-corrected chi connectivity index (χ1v) is 7.31. The standard InChI is InChI=1S/C15H20N4O2/c1-16-14(20)18-8-6-12(7-9-18)19-10-11-4-2-3-5-13(11)17-15(19)21/h2-5,12H,6-10H2,1H3,(H,16,20)(H,17,21). The highest BCUT2D eigenvalue weighted by Gasteiger charge is 2.32. The van der Waals surface area contributed by atoms with E-state index in [1.54, 1.807) is 11.9 Å². The summed E-state index contributed by atoms with van der Waals surface area (Å²) in [6, 6.07) is 8.01. The third kappa shape index (κ3) is 2.66. The van der Waals surface area contributed by atoms with Crippen molar-refractivity contribution in [1.29, 1.82) is 0 Å². The molecule has 21 heavy (non-hydrogen) atoms. The summed E-state index contributed by atoms with van der Waals surface area (Å²) < 4.78 is 0. The van der Waals surface area contributed by atoms with Crippen LogP contribution < -0.4 is 10.6 Å². The molecule has 2 aliphatic heterocycles. The Morgan fingerprint density at radius 3 is 2.71 bits per heavy atom. The van der Waals surface area contributed by atoms with E-state index in [1.165, 1.54) is 0 Å². The first-order chi connectivity index (χ1) is 10.2. The number of nitrogens with zero attached hydrogens (tertiary/aromatic N) is 2. The van der Waals surface area contributed by atoms with E-state index in [0.29, 0.717) is 19.6 Å². The fourth-order valence-electron chi connectivity index (χ4n) is 3.06. The normalized spacial score (nSPS) is 19.0. The van der Waals surface area contributed by atoms with Gasteiger partial charge in [0.05, 0.1) is 0 Å². The minimum Gasteiger partial charge on any atom is -0.341 e. The molecule has 0 spiro atoms. The number of nitrogens with one attached hydrogen (secondary N) is 2. The first kappa shape index (κ1) is 13.7. The van der Waals surface area contributed by atoms with Crippen LogP contribution in [0.25, 0.3) is 0 Å². The number of hydrogen-bond donors (Lipinski definition) is 2. The highest BCUT2D eigenvalue weighted by Crippen LogP contribution is 2.27. The molecule has 1 saturated heterocycles. The van der Waals surface area contributed by atoms with Crippen molar-refractivity contribution in [2.24, 2.45) is 0 Å². The molecule has 1 fully saturated rings. The predicted molar refractivity (Wildman–Crippen MR) is 80.1 cm³/mol. The van der Waals surface area contributed by atoms with Gasteiger partial charge in [-0.25, -0.2) is 9.59 Å². The Morgan fingerprint density at radius 2 is 2.00 bits per heavy atom. The van der Waals surface area contributed by atoms with Crippen LogP contribution in [0.4, 0.5) is 15.3 Å². The van der Waals surface area contributed by atoms with Crippen LogP contribution in [0.3, 0.4) is 0 Å². The number of amides is 4. The lowest BCUT2D eigenvalue weighted by Gasteiger charge is -2.40. The van der Waals surface area contributed by atoms with Crippen LogP contribution in [-0.2, 0) is 6.54 Å². The van der Waals surface area contributed by atoms with Crippen molar-refractivity contribution in [3.05, 3.63) is 29.8 Å². The Balaban J connectivity index is 1.66. The Hall–Kier alpha value is -2.24. The molecule has 0 unspecified atom stereocenters. The maximum Gasteiger partial charge on any atom is 0.322 e. The maximum absolute atomic E-state index is 12.2. The molecule has 0 radical (unpaired) electrons. The highest BCUT2D eigenvalue weighted by molar-refractivity contribution is 5.92. The van der Waals surface area contributed by atoms with Gasteiger partial charge in [0.1, 0.15) is 0 Å². The largest absolute Gasteiger partial charge is 0.341 e. The molecule has 0 atom stereocenters. The van der Waals surface area contributed by atoms with Gasteiger partial charge >= 0.3 is 12.1 Å². The van der Waals surface area contributed by atoms with E-state index in [-0.39, 0.29) is 18.1 Å². The Morgan fingerprint density at radius 1 is 1.29 bits per heavy atom. The zero-order chi connectivity index (χ0) is 14.8. The molecule has 6 nitrogen and oxygen atoms in total. The molecule has 3 rings (SSSR count). The van der Waals surface area contributed by atoms with Gasteiger partial charge in [-0.15, -0.1) is 0 Å². The van der Waals surface area contributed by atoms with Crippen molar-refractivity contribution in [2.75, 3.05) is 25.5 Å². The van der Waals surface area contributed by atoms with Crippen molar-refractivity contribution < 1.29 is 9.59 Å². The van der Waals surface area contributed by atoms with Gasteiger partial charge in [-0.05, 0) is 24.5 Å². The zero-order valence-corrected chi connectivity index (χ0v) is 12.1. The predicted octanol–water partition coefficient (Wildman–Crippen LogP) is 1.84. The van der Waals surface area contributed by atoms with E-state index >= 15 is 0 Å². The number of anilines is 1. The number of fused-ring (bicyclic) bond motifs is 1. The highest BCUT2D eigenvalue weighted by atomic mass is 16.2. The summed E-state index contributed by atoms with van der Waals surface area (Å²) in [7, 11) is 1.64. The molecule has 0 aromatic heterocycles. The van der Waals surface area contributed by atoms with Crippen molar-refractivity contribution >= 4 is 17.7 Å². The van der Waals surface area contributed by atoms with Crippen LogP contribution in [-0.4, -0.2) is 48.0 Å². The second-order valence-corrected chi connectivity index (χ2v) is 5.49. The number of likely N-dealkylation sites (tertiary alicyclic amines) is 1. The van der Waals surface area contributed by atoms with E-state index in [4.69, 9.17) is 0 Å². The van der Waals surface area contributed by atoms with E-state index in [1.807, 2.05) is 29.2 Å². The van der Waals surface area contributed by atoms with Gasteiger partial charge in [0.25, 0.3) is 0 Å². The van der Waals surface area contributed by atoms with E-state index in [0.717, 1.165) is 24.1 Å². The zero-order valence-electron chi connectivity index (χ0n) is 12.1. The molecule has 0 saturated carbocycles. The third-order valence-electron chi connectivity index (χ3n) is 4.27. The monoisotopic (exact) mass is 288 g/mol. The summed E-state index contributed by atoms with van der Waals surface area (Å²) in [6.45, 7) is 2.03. The van der Waals surface area contributed by atoms with Gasteiger partial charge < -0.3 is 20.4 Å². The molecule has 2 heterocycles. The van der Waals surface area contributed by atoms with Gasteiger partial charge in [-0.3, -0.25) is 0 Å². The Bertz CT molecular complexity index is 552. The molecule has 1 aromatic rings. The third-order valence-corrected chi connectivity index (χ3v) is 4.27. The van der Waals surface area contributed by atoms with Gasteiger partial charge in [-0.2, -0.15) is 0 Å². The van der Waals surface area contributed by atoms with Gasteiger partial charge in [0, 0.05) is 38.4 Å². The Kier molecular flexibility index (Phi) is 3.68. The average molecular weight is 288 g/mol. The summed E-state index contributed by atoms with van der Waals surface area (Å²) >= 11 is 0. The van der Waals surface area contributed by atoms with Gasteiger partial charge in [-0.1, -0.05) is 18.2 Å². The van der Waals surface area contributed by atoms with Crippen molar-refractivity contribution in [1.82, 2.24) is 15.1 Å². The van der Waals surface area contributed by atoms with Crippen LogP contribution in [0.2, 0.25) is 0 Å². The van der Waals surface area contributed by atoms with Gasteiger partial charge in [0.15, 0.2) is 0 Å². The quantitative estimate of drug-likeness (QED) is 0.828. The van der Waals surface area contributed by atoms with E-state index < -0.39 is 0 Å². The van der Waals surface area contributed by atoms with Gasteiger partial charge in [0.2, 0.25) is 0 Å². The van der Waals surface area contributed by atoms with Crippen molar-refractivity contribution in [3.8, 4) is 0 Å². The molecular weight excluding hydrogens is 268 g/mol. The Labute approximate surface area is 124 Å². The molecular formula is C15H20N4O2. The molecule has 6 heteroatoms. The minimum absolute atomic E-state index is 0.0351. The number of urea groups is 2. The van der Waals surface area contributed by atoms with E-state index in [9.17, 15) is 9.59 Å². The van der Waals surface area contributed by atoms with Crippen LogP contribution in [0, 0.1) is 0 Å². The maximum atomic E-state index is 12.2. The van der Waals surface area contributed by atoms with Crippen LogP contribution in [0.5, 0.6) is 0 Å². The number of hydrogen-bond acceptors (Lipinski definition) is 2. The molecule has 4 amide bonds. The number of benzene rings is 1. The smallest absolute Gasteiger partial charge is 0.322 e. The summed E-state index contributed by atoms with van der Waals surface area (Å²) in [4.78, 5) is 27.5. The van der Waals surface area contributed by atoms with Crippen molar-refractivity contribution in [2.45, 2.75) is 25.4 Å². The summed E-state index contributed by atoms with van der Waals surface area (Å²) in [5.74, 6) is 0. The van der Waals surface area contributed by atoms with Crippen LogP contribution in [0.15, 0.2) is 24.3 Å². The molecule has 2 aliphatic rings. The topological polar surface area (TPSA) is 64.7 Å². The van der Waals surface area contributed by atoms with Crippen molar-refractivity contribution in [3.63, 3.8) is 0 Å².